The molecule has 1 rings (SSSR count). The predicted molar refractivity (Wildman–Crippen MR) is 82.5 cm³/mol. The summed E-state index contributed by atoms with van der Waals surface area (Å²) in [5.41, 5.74) is -1.31. The Morgan fingerprint density at radius 3 is 2.57 bits per heavy atom. The van der Waals surface area contributed by atoms with Crippen molar-refractivity contribution in [1.29, 1.82) is 5.26 Å². The number of rotatable bonds is 7. The average Bonchev–Trinajstić information content (AvgIpc) is 2.52. The molecule has 23 heavy (non-hydrogen) atoms. The molecule has 0 radical (unpaired) electrons. The number of nitriles is 1. The maximum Gasteiger partial charge on any atom is 0.286 e. The van der Waals surface area contributed by atoms with Gasteiger partial charge in [0.25, 0.3) is 11.6 Å². The molecule has 0 aliphatic rings. The molecular formula is C15H19N3O5. The molecule has 8 nitrogen and oxygen atoms in total. The minimum absolute atomic E-state index is 0.0650. The molecule has 8 heteroatoms. The van der Waals surface area contributed by atoms with Crippen molar-refractivity contribution in [2.24, 2.45) is 5.41 Å². The summed E-state index contributed by atoms with van der Waals surface area (Å²) in [5.74, 6) is -0.235. The molecule has 0 saturated heterocycles. The molecule has 124 valence electrons. The van der Waals surface area contributed by atoms with Crippen molar-refractivity contribution in [2.75, 3.05) is 20.3 Å². The molecule has 0 aliphatic heterocycles. The van der Waals surface area contributed by atoms with Gasteiger partial charge in [0.2, 0.25) is 0 Å². The van der Waals surface area contributed by atoms with Crippen molar-refractivity contribution in [3.05, 3.63) is 27.8 Å². The highest BCUT2D eigenvalue weighted by Crippen LogP contribution is 2.34. The van der Waals surface area contributed by atoms with Crippen LogP contribution in [-0.4, -0.2) is 31.1 Å². The van der Waals surface area contributed by atoms with E-state index in [1.165, 1.54) is 13.2 Å². The molecule has 0 fully saturated rings. The Bertz CT molecular complexity index is 649. The SMILES string of the molecule is CCOc1cc(C(=O)NCC(C)(C)C#N)c([N+](=O)[O-])cc1OC. The Kier molecular flexibility index (Phi) is 5.90. The van der Waals surface area contributed by atoms with Crippen LogP contribution in [0.4, 0.5) is 5.69 Å². The van der Waals surface area contributed by atoms with Crippen molar-refractivity contribution < 1.29 is 19.2 Å². The van der Waals surface area contributed by atoms with E-state index in [1.54, 1.807) is 20.8 Å². The van der Waals surface area contributed by atoms with Gasteiger partial charge >= 0.3 is 0 Å². The number of ether oxygens (including phenoxy) is 2. The quantitative estimate of drug-likeness (QED) is 0.608. The second-order valence-electron chi connectivity index (χ2n) is 5.39. The van der Waals surface area contributed by atoms with Gasteiger partial charge in [-0.15, -0.1) is 0 Å². The van der Waals surface area contributed by atoms with Crippen LogP contribution in [0.5, 0.6) is 11.5 Å². The molecule has 0 unspecified atom stereocenters. The number of hydrogen-bond donors (Lipinski definition) is 1. The van der Waals surface area contributed by atoms with Crippen LogP contribution in [0.15, 0.2) is 12.1 Å². The van der Waals surface area contributed by atoms with Crippen LogP contribution in [-0.2, 0) is 0 Å². The van der Waals surface area contributed by atoms with Gasteiger partial charge in [-0.25, -0.2) is 0 Å². The van der Waals surface area contributed by atoms with Crippen LogP contribution < -0.4 is 14.8 Å². The topological polar surface area (TPSA) is 114 Å². The van der Waals surface area contributed by atoms with E-state index in [0.29, 0.717) is 6.61 Å². The van der Waals surface area contributed by atoms with E-state index < -0.39 is 21.9 Å². The van der Waals surface area contributed by atoms with Crippen molar-refractivity contribution in [1.82, 2.24) is 5.32 Å². The number of nitro benzene ring substituents is 1. The van der Waals surface area contributed by atoms with Crippen LogP contribution in [0.1, 0.15) is 31.1 Å². The standard InChI is InChI=1S/C15H19N3O5/c1-5-23-13-6-10(11(18(20)21)7-12(13)22-4)14(19)17-9-15(2,3)8-16/h6-7H,5,9H2,1-4H3,(H,17,19). The number of hydrogen-bond acceptors (Lipinski definition) is 6. The average molecular weight is 321 g/mol. The summed E-state index contributed by atoms with van der Waals surface area (Å²) in [7, 11) is 1.36. The highest BCUT2D eigenvalue weighted by molar-refractivity contribution is 5.99. The van der Waals surface area contributed by atoms with Gasteiger partial charge in [0.1, 0.15) is 5.56 Å². The largest absolute Gasteiger partial charge is 0.493 e. The first-order valence-electron chi connectivity index (χ1n) is 6.94. The lowest BCUT2D eigenvalue weighted by molar-refractivity contribution is -0.385. The predicted octanol–water partition coefficient (Wildman–Crippen LogP) is 2.28. The van der Waals surface area contributed by atoms with E-state index in [9.17, 15) is 14.9 Å². The zero-order valence-electron chi connectivity index (χ0n) is 13.5. The third-order valence-electron chi connectivity index (χ3n) is 3.02. The Hall–Kier alpha value is -2.82. The van der Waals surface area contributed by atoms with Gasteiger partial charge in [-0.1, -0.05) is 0 Å². The molecule has 0 atom stereocenters. The third kappa shape index (κ3) is 4.57. The normalized spacial score (nSPS) is 10.6. The summed E-state index contributed by atoms with van der Waals surface area (Å²) in [6.07, 6.45) is 0. The number of benzene rings is 1. The Morgan fingerprint density at radius 1 is 1.43 bits per heavy atom. The minimum atomic E-state index is -0.778. The molecule has 1 aromatic rings. The van der Waals surface area contributed by atoms with Gasteiger partial charge in [-0.2, -0.15) is 5.26 Å². The first-order chi connectivity index (χ1) is 10.8. The van der Waals surface area contributed by atoms with E-state index in [4.69, 9.17) is 14.7 Å². The number of nitrogens with one attached hydrogen (secondary N) is 1. The summed E-state index contributed by atoms with van der Waals surface area (Å²) in [6, 6.07) is 4.46. The highest BCUT2D eigenvalue weighted by Gasteiger charge is 2.26. The molecular weight excluding hydrogens is 302 g/mol. The fourth-order valence-electron chi connectivity index (χ4n) is 1.75. The second kappa shape index (κ2) is 7.45. The number of amides is 1. The third-order valence-corrected chi connectivity index (χ3v) is 3.02. The van der Waals surface area contributed by atoms with Crippen LogP contribution in [0.3, 0.4) is 0 Å². The summed E-state index contributed by atoms with van der Waals surface area (Å²) >= 11 is 0. The number of nitrogens with zero attached hydrogens (tertiary/aromatic N) is 2. The van der Waals surface area contributed by atoms with E-state index in [2.05, 4.69) is 5.32 Å². The fraction of sp³-hybridized carbons (Fsp3) is 0.467. The number of carbonyl (C=O) groups excluding carboxylic acids is 1. The Morgan fingerprint density at radius 2 is 2.09 bits per heavy atom. The molecule has 0 aliphatic carbocycles. The van der Waals surface area contributed by atoms with Gasteiger partial charge in [0.15, 0.2) is 11.5 Å². The van der Waals surface area contributed by atoms with Crippen LogP contribution in [0.25, 0.3) is 0 Å². The second-order valence-corrected chi connectivity index (χ2v) is 5.39. The number of methoxy groups -OCH3 is 1. The summed E-state index contributed by atoms with van der Waals surface area (Å²) < 4.78 is 10.4. The van der Waals surface area contributed by atoms with E-state index in [-0.39, 0.29) is 23.6 Å². The van der Waals surface area contributed by atoms with Crippen molar-refractivity contribution >= 4 is 11.6 Å². The van der Waals surface area contributed by atoms with Gasteiger partial charge in [-0.05, 0) is 20.8 Å². The minimum Gasteiger partial charge on any atom is -0.493 e. The highest BCUT2D eigenvalue weighted by atomic mass is 16.6. The van der Waals surface area contributed by atoms with E-state index in [1.807, 2.05) is 6.07 Å². The molecule has 0 heterocycles. The van der Waals surface area contributed by atoms with E-state index >= 15 is 0 Å². The van der Waals surface area contributed by atoms with Crippen molar-refractivity contribution in [3.8, 4) is 17.6 Å². The molecule has 0 bridgehead atoms. The first kappa shape index (κ1) is 18.2. The lowest BCUT2D eigenvalue weighted by atomic mass is 9.96. The Labute approximate surface area is 134 Å². The zero-order valence-corrected chi connectivity index (χ0v) is 13.5. The van der Waals surface area contributed by atoms with Gasteiger partial charge in [0, 0.05) is 12.6 Å². The van der Waals surface area contributed by atoms with Gasteiger partial charge in [0.05, 0.1) is 36.2 Å². The van der Waals surface area contributed by atoms with Crippen LogP contribution >= 0.6 is 0 Å². The van der Waals surface area contributed by atoms with Crippen LogP contribution in [0, 0.1) is 26.9 Å². The molecule has 1 N–H and O–H groups in total. The summed E-state index contributed by atoms with van der Waals surface area (Å²) in [6.45, 7) is 5.44. The van der Waals surface area contributed by atoms with E-state index in [0.717, 1.165) is 6.07 Å². The molecule has 1 aromatic carbocycles. The smallest absolute Gasteiger partial charge is 0.286 e. The van der Waals surface area contributed by atoms with Crippen molar-refractivity contribution in [2.45, 2.75) is 20.8 Å². The maximum atomic E-state index is 12.3. The monoisotopic (exact) mass is 321 g/mol. The molecule has 0 aromatic heterocycles. The molecule has 0 spiro atoms. The van der Waals surface area contributed by atoms with Crippen LogP contribution in [0.2, 0.25) is 0 Å². The summed E-state index contributed by atoms with van der Waals surface area (Å²) in [5, 5.41) is 22.7. The fourth-order valence-corrected chi connectivity index (χ4v) is 1.75. The number of nitro groups is 1. The molecule has 0 saturated carbocycles. The lowest BCUT2D eigenvalue weighted by Gasteiger charge is -2.16. The van der Waals surface area contributed by atoms with Gasteiger partial charge < -0.3 is 14.8 Å². The van der Waals surface area contributed by atoms with Crippen molar-refractivity contribution in [3.63, 3.8) is 0 Å². The summed E-state index contributed by atoms with van der Waals surface area (Å²) in [4.78, 5) is 22.8. The molecule has 1 amide bonds. The lowest BCUT2D eigenvalue weighted by Crippen LogP contribution is -2.33. The first-order valence-corrected chi connectivity index (χ1v) is 6.94. The Balaban J connectivity index is 3.22. The zero-order chi connectivity index (χ0) is 17.6. The number of carbonyl (C=O) groups is 1. The maximum absolute atomic E-state index is 12.3. The van der Waals surface area contributed by atoms with Gasteiger partial charge in [-0.3, -0.25) is 14.9 Å².